The van der Waals surface area contributed by atoms with Crippen LogP contribution in [0.2, 0.25) is 0 Å². The number of aryl methyl sites for hydroxylation is 1. The average molecular weight is 406 g/mol. The molecule has 3 N–H and O–H groups in total. The molecule has 1 unspecified atom stereocenters. The Morgan fingerprint density at radius 1 is 1.18 bits per heavy atom. The van der Waals surface area contributed by atoms with Gasteiger partial charge in [-0.05, 0) is 24.6 Å². The number of likely N-dealkylation sites (tertiary alicyclic amines) is 1. The number of amides is 1. The minimum absolute atomic E-state index is 0.0145. The van der Waals surface area contributed by atoms with E-state index in [-0.39, 0.29) is 24.0 Å². The molecule has 0 aliphatic carbocycles. The van der Waals surface area contributed by atoms with Crippen LogP contribution in [0.5, 0.6) is 0 Å². The van der Waals surface area contributed by atoms with Gasteiger partial charge < -0.3 is 15.4 Å². The first-order valence-electron chi connectivity index (χ1n) is 8.45. The molecule has 1 saturated heterocycles. The van der Waals surface area contributed by atoms with E-state index in [0.717, 1.165) is 11.1 Å². The Morgan fingerprint density at radius 3 is 2.29 bits per heavy atom. The molecule has 0 spiro atoms. The van der Waals surface area contributed by atoms with Crippen molar-refractivity contribution in [3.8, 4) is 0 Å². The van der Waals surface area contributed by atoms with Gasteiger partial charge in [0.05, 0.1) is 4.90 Å². The number of nitrogens with zero attached hydrogens (tertiary/aromatic N) is 1. The summed E-state index contributed by atoms with van der Waals surface area (Å²) < 4.78 is 34.6. The number of nitrogens with two attached hydrogens (primary N) is 1. The van der Waals surface area contributed by atoms with Gasteiger partial charge in [0, 0.05) is 6.54 Å². The third-order valence-corrected chi connectivity index (χ3v) is 4.80. The first kappa shape index (κ1) is 21.5. The zero-order chi connectivity index (χ0) is 20.7. The highest BCUT2D eigenvalue weighted by Gasteiger charge is 2.34. The summed E-state index contributed by atoms with van der Waals surface area (Å²) >= 11 is 0. The van der Waals surface area contributed by atoms with Gasteiger partial charge in [0.2, 0.25) is 5.91 Å². The molecule has 3 rings (SSSR count). The van der Waals surface area contributed by atoms with E-state index in [1.165, 1.54) is 17.0 Å². The summed E-state index contributed by atoms with van der Waals surface area (Å²) in [6.45, 7) is 2.49. The highest BCUT2D eigenvalue weighted by atomic mass is 32.2. The summed E-state index contributed by atoms with van der Waals surface area (Å²) in [4.78, 5) is 23.9. The number of carbonyl (C=O) groups is 2. The van der Waals surface area contributed by atoms with Crippen molar-refractivity contribution in [2.24, 2.45) is 5.73 Å². The molecule has 0 radical (unpaired) electrons. The minimum Gasteiger partial charge on any atom is -0.459 e. The van der Waals surface area contributed by atoms with E-state index in [0.29, 0.717) is 6.54 Å². The summed E-state index contributed by atoms with van der Waals surface area (Å²) in [5.74, 6) is -0.601. The molecule has 1 amide bonds. The van der Waals surface area contributed by atoms with Crippen molar-refractivity contribution in [2.75, 3.05) is 13.1 Å². The Balaban J connectivity index is 0.000000221. The number of benzene rings is 2. The number of β-lactam (4-membered cyclic amide) rings is 1. The quantitative estimate of drug-likeness (QED) is 0.433. The summed E-state index contributed by atoms with van der Waals surface area (Å²) in [7, 11) is -4.02. The van der Waals surface area contributed by atoms with E-state index >= 15 is 0 Å². The van der Waals surface area contributed by atoms with Crippen LogP contribution in [0.3, 0.4) is 0 Å². The van der Waals surface area contributed by atoms with Crippen LogP contribution in [0.25, 0.3) is 0 Å². The number of rotatable bonds is 5. The van der Waals surface area contributed by atoms with E-state index in [1.807, 2.05) is 37.3 Å². The fraction of sp³-hybridized carbons (Fsp3) is 0.263. The Hall–Kier alpha value is -2.75. The van der Waals surface area contributed by atoms with Crippen LogP contribution >= 0.6 is 0 Å². The van der Waals surface area contributed by atoms with Crippen LogP contribution in [-0.2, 0) is 31.1 Å². The predicted octanol–water partition coefficient (Wildman–Crippen LogP) is 1.14. The number of hydrogen-bond acceptors (Lipinski definition) is 6. The van der Waals surface area contributed by atoms with Crippen molar-refractivity contribution in [1.29, 1.82) is 0 Å². The number of carbonyl (C=O) groups excluding carboxylic acids is 2. The highest BCUT2D eigenvalue weighted by molar-refractivity contribution is 7.85. The lowest BCUT2D eigenvalue weighted by atomic mass is 10.1. The van der Waals surface area contributed by atoms with Crippen LogP contribution in [0.1, 0.15) is 11.1 Å². The molecule has 1 heterocycles. The van der Waals surface area contributed by atoms with Crippen molar-refractivity contribution in [1.82, 2.24) is 4.90 Å². The van der Waals surface area contributed by atoms with Gasteiger partial charge in [-0.2, -0.15) is 8.42 Å². The van der Waals surface area contributed by atoms with E-state index in [2.05, 4.69) is 0 Å². The van der Waals surface area contributed by atoms with E-state index < -0.39 is 22.1 Å². The van der Waals surface area contributed by atoms with Crippen molar-refractivity contribution >= 4 is 22.0 Å². The summed E-state index contributed by atoms with van der Waals surface area (Å²) in [5.41, 5.74) is 7.29. The standard InChI is InChI=1S/C12H14N2O3.C7H8O3S/c13-10-6-14(12(10)16)7-11(15)17-8-9-4-2-1-3-5-9;1-6-2-4-7(5-3-6)11(8,9)10/h1-5,10H,6-8,13H2;2-5H,1H3,(H,8,9,10). The fourth-order valence-corrected chi connectivity index (χ4v) is 2.80. The predicted molar refractivity (Wildman–Crippen MR) is 102 cm³/mol. The molecule has 28 heavy (non-hydrogen) atoms. The number of hydrogen-bond donors (Lipinski definition) is 2. The largest absolute Gasteiger partial charge is 0.459 e. The second-order valence-corrected chi connectivity index (χ2v) is 7.68. The van der Waals surface area contributed by atoms with Gasteiger partial charge in [-0.15, -0.1) is 0 Å². The lowest BCUT2D eigenvalue weighted by molar-refractivity contribution is -0.155. The molecule has 1 aliphatic rings. The third kappa shape index (κ3) is 6.45. The SMILES string of the molecule is Cc1ccc(S(=O)(=O)O)cc1.NC1CN(CC(=O)OCc2ccccc2)C1=O. The molecule has 8 nitrogen and oxygen atoms in total. The number of esters is 1. The maximum atomic E-state index is 11.4. The van der Waals surface area contributed by atoms with Gasteiger partial charge in [-0.3, -0.25) is 14.1 Å². The highest BCUT2D eigenvalue weighted by Crippen LogP contribution is 2.09. The third-order valence-electron chi connectivity index (χ3n) is 3.93. The van der Waals surface area contributed by atoms with Gasteiger partial charge in [-0.25, -0.2) is 0 Å². The lowest BCUT2D eigenvalue weighted by Crippen LogP contribution is -2.62. The molecule has 1 atom stereocenters. The molecule has 2 aromatic rings. The topological polar surface area (TPSA) is 127 Å². The van der Waals surface area contributed by atoms with E-state index in [1.54, 1.807) is 12.1 Å². The zero-order valence-corrected chi connectivity index (χ0v) is 16.1. The molecule has 0 saturated carbocycles. The molecule has 150 valence electrons. The molecule has 1 fully saturated rings. The molecule has 0 bridgehead atoms. The van der Waals surface area contributed by atoms with Crippen molar-refractivity contribution in [2.45, 2.75) is 24.5 Å². The van der Waals surface area contributed by atoms with Crippen molar-refractivity contribution in [3.63, 3.8) is 0 Å². The van der Waals surface area contributed by atoms with E-state index in [4.69, 9.17) is 15.0 Å². The second-order valence-electron chi connectivity index (χ2n) is 6.26. The fourth-order valence-electron chi connectivity index (χ4n) is 2.32. The van der Waals surface area contributed by atoms with Crippen LogP contribution in [0.4, 0.5) is 0 Å². The molecular formula is C19H22N2O6S. The van der Waals surface area contributed by atoms with Crippen molar-refractivity contribution in [3.05, 3.63) is 65.7 Å². The van der Waals surface area contributed by atoms with Gasteiger partial charge in [0.25, 0.3) is 10.1 Å². The summed E-state index contributed by atoms with van der Waals surface area (Å²) in [6.07, 6.45) is 0. The molecule has 2 aromatic carbocycles. The molecule has 0 aromatic heterocycles. The Bertz CT molecular complexity index is 913. The van der Waals surface area contributed by atoms with Crippen LogP contribution in [0, 0.1) is 6.92 Å². The van der Waals surface area contributed by atoms with Gasteiger partial charge in [0.1, 0.15) is 19.2 Å². The average Bonchev–Trinajstić information content (AvgIpc) is 2.67. The Labute approximate surface area is 163 Å². The maximum Gasteiger partial charge on any atom is 0.325 e. The van der Waals surface area contributed by atoms with Crippen LogP contribution in [0.15, 0.2) is 59.5 Å². The first-order chi connectivity index (χ1) is 13.2. The summed E-state index contributed by atoms with van der Waals surface area (Å²) in [6, 6.07) is 14.9. The number of ether oxygens (including phenoxy) is 1. The normalized spacial score (nSPS) is 15.9. The Morgan fingerprint density at radius 2 is 1.79 bits per heavy atom. The maximum absolute atomic E-state index is 11.4. The Kier molecular flexibility index (Phi) is 7.27. The lowest BCUT2D eigenvalue weighted by Gasteiger charge is -2.35. The monoisotopic (exact) mass is 406 g/mol. The van der Waals surface area contributed by atoms with Crippen molar-refractivity contribution < 1.29 is 27.3 Å². The van der Waals surface area contributed by atoms with Gasteiger partial charge in [-0.1, -0.05) is 48.0 Å². The van der Waals surface area contributed by atoms with E-state index in [9.17, 15) is 18.0 Å². The minimum atomic E-state index is -4.02. The van der Waals surface area contributed by atoms with Crippen LogP contribution < -0.4 is 5.73 Å². The van der Waals surface area contributed by atoms with Crippen LogP contribution in [-0.4, -0.2) is 48.9 Å². The second kappa shape index (κ2) is 9.45. The molecule has 1 aliphatic heterocycles. The smallest absolute Gasteiger partial charge is 0.325 e. The van der Waals surface area contributed by atoms with Gasteiger partial charge in [0.15, 0.2) is 0 Å². The first-order valence-corrected chi connectivity index (χ1v) is 9.89. The summed E-state index contributed by atoms with van der Waals surface area (Å²) in [5, 5.41) is 0. The zero-order valence-electron chi connectivity index (χ0n) is 15.3. The molecular weight excluding hydrogens is 384 g/mol. The molecule has 9 heteroatoms. The van der Waals surface area contributed by atoms with Gasteiger partial charge >= 0.3 is 5.97 Å².